The molecular formula is C16H23N3O3. The van der Waals surface area contributed by atoms with E-state index in [-0.39, 0.29) is 18.1 Å². The van der Waals surface area contributed by atoms with Crippen molar-refractivity contribution in [2.75, 3.05) is 7.05 Å². The number of hydrogen-bond acceptors (Lipinski definition) is 3. The van der Waals surface area contributed by atoms with Crippen LogP contribution in [0.2, 0.25) is 0 Å². The minimum absolute atomic E-state index is 0.0436. The number of amides is 3. The highest BCUT2D eigenvalue weighted by Gasteiger charge is 2.13. The van der Waals surface area contributed by atoms with Gasteiger partial charge in [-0.25, -0.2) is 10.2 Å². The maximum absolute atomic E-state index is 12.3. The van der Waals surface area contributed by atoms with Gasteiger partial charge in [-0.3, -0.25) is 15.0 Å². The number of carbonyl (C=O) groups is 3. The Hall–Kier alpha value is -2.37. The lowest BCUT2D eigenvalue weighted by Crippen LogP contribution is -2.45. The van der Waals surface area contributed by atoms with Crippen molar-refractivity contribution < 1.29 is 14.4 Å². The first-order chi connectivity index (χ1) is 10.3. The fourth-order valence-corrected chi connectivity index (χ4v) is 2.41. The second-order valence-electron chi connectivity index (χ2n) is 5.30. The Balaban J connectivity index is 2.47. The Bertz CT molecular complexity index is 559. The Labute approximate surface area is 130 Å². The zero-order valence-electron chi connectivity index (χ0n) is 13.5. The van der Waals surface area contributed by atoms with Crippen LogP contribution in [0.1, 0.15) is 46.3 Å². The Morgan fingerprint density at radius 3 is 2.09 bits per heavy atom. The fourth-order valence-electron chi connectivity index (χ4n) is 2.41. The zero-order valence-corrected chi connectivity index (χ0v) is 13.5. The molecule has 0 aromatic heterocycles. The van der Waals surface area contributed by atoms with Crippen molar-refractivity contribution in [3.05, 3.63) is 34.4 Å². The maximum atomic E-state index is 12.3. The molecule has 3 N–H and O–H groups in total. The normalized spacial score (nSPS) is 10.0. The molecule has 0 spiro atoms. The molecule has 0 atom stereocenters. The van der Waals surface area contributed by atoms with Gasteiger partial charge in [0.25, 0.3) is 0 Å². The van der Waals surface area contributed by atoms with Crippen LogP contribution in [0.4, 0.5) is 4.79 Å². The van der Waals surface area contributed by atoms with Gasteiger partial charge in [0.1, 0.15) is 0 Å². The molecule has 0 fully saturated rings. The standard InChI is InChI=1S/C16H23N3O3/c1-10-8-11(2)15(12(3)9-10)13(20)6-5-7-14(21)18-19-16(22)17-4/h8-9H,5-7H2,1-4H3,(H,18,21)(H2,17,19,22). The lowest BCUT2D eigenvalue weighted by molar-refractivity contribution is -0.121. The van der Waals surface area contributed by atoms with E-state index in [0.717, 1.165) is 22.3 Å². The highest BCUT2D eigenvalue weighted by atomic mass is 16.2. The first-order valence-corrected chi connectivity index (χ1v) is 7.22. The van der Waals surface area contributed by atoms with Crippen molar-refractivity contribution in [2.45, 2.75) is 40.0 Å². The van der Waals surface area contributed by atoms with E-state index in [1.54, 1.807) is 0 Å². The van der Waals surface area contributed by atoms with E-state index in [1.165, 1.54) is 7.05 Å². The lowest BCUT2D eigenvalue weighted by atomic mass is 9.94. The first-order valence-electron chi connectivity index (χ1n) is 7.22. The summed E-state index contributed by atoms with van der Waals surface area (Å²) in [6.45, 7) is 5.85. The predicted octanol–water partition coefficient (Wildman–Crippen LogP) is 1.93. The molecule has 0 bridgehead atoms. The number of ketones is 1. The first kappa shape index (κ1) is 17.7. The van der Waals surface area contributed by atoms with Gasteiger partial charge in [0, 0.05) is 25.5 Å². The molecule has 6 nitrogen and oxygen atoms in total. The zero-order chi connectivity index (χ0) is 16.7. The van der Waals surface area contributed by atoms with E-state index in [1.807, 2.05) is 32.9 Å². The quantitative estimate of drug-likeness (QED) is 0.574. The Morgan fingerprint density at radius 2 is 1.55 bits per heavy atom. The molecule has 0 heterocycles. The minimum atomic E-state index is -0.490. The summed E-state index contributed by atoms with van der Waals surface area (Å²) in [6, 6.07) is 3.48. The van der Waals surface area contributed by atoms with E-state index in [9.17, 15) is 14.4 Å². The van der Waals surface area contributed by atoms with Crippen molar-refractivity contribution in [1.82, 2.24) is 16.2 Å². The van der Waals surface area contributed by atoms with Crippen LogP contribution in [0.5, 0.6) is 0 Å². The van der Waals surface area contributed by atoms with Crippen LogP contribution in [-0.2, 0) is 4.79 Å². The molecule has 0 radical (unpaired) electrons. The van der Waals surface area contributed by atoms with Crippen molar-refractivity contribution in [2.24, 2.45) is 0 Å². The van der Waals surface area contributed by atoms with Crippen LogP contribution < -0.4 is 16.2 Å². The van der Waals surface area contributed by atoms with Crippen LogP contribution >= 0.6 is 0 Å². The molecule has 3 amide bonds. The summed E-state index contributed by atoms with van der Waals surface area (Å²) in [4.78, 5) is 34.7. The second kappa shape index (κ2) is 8.17. The van der Waals surface area contributed by atoms with Crippen LogP contribution in [0.15, 0.2) is 12.1 Å². The van der Waals surface area contributed by atoms with Gasteiger partial charge < -0.3 is 5.32 Å². The van der Waals surface area contributed by atoms with E-state index in [2.05, 4.69) is 16.2 Å². The number of carbonyl (C=O) groups excluding carboxylic acids is 3. The molecule has 120 valence electrons. The molecule has 1 aromatic carbocycles. The van der Waals surface area contributed by atoms with Crippen molar-refractivity contribution in [1.29, 1.82) is 0 Å². The van der Waals surface area contributed by atoms with Crippen LogP contribution in [-0.4, -0.2) is 24.8 Å². The van der Waals surface area contributed by atoms with Gasteiger partial charge in [0.05, 0.1) is 0 Å². The fraction of sp³-hybridized carbons (Fsp3) is 0.438. The molecule has 0 saturated carbocycles. The number of urea groups is 1. The molecule has 0 unspecified atom stereocenters. The van der Waals surface area contributed by atoms with Gasteiger partial charge in [-0.1, -0.05) is 17.7 Å². The Kier molecular flexibility index (Phi) is 6.56. The van der Waals surface area contributed by atoms with Gasteiger partial charge in [-0.2, -0.15) is 0 Å². The van der Waals surface area contributed by atoms with Gasteiger partial charge in [-0.15, -0.1) is 0 Å². The molecule has 6 heteroatoms. The third-order valence-corrected chi connectivity index (χ3v) is 3.31. The largest absolute Gasteiger partial charge is 0.340 e. The van der Waals surface area contributed by atoms with Gasteiger partial charge in [0.15, 0.2) is 5.78 Å². The average molecular weight is 305 g/mol. The SMILES string of the molecule is CNC(=O)NNC(=O)CCCC(=O)c1c(C)cc(C)cc1C. The average Bonchev–Trinajstić information content (AvgIpc) is 2.43. The summed E-state index contributed by atoms with van der Waals surface area (Å²) >= 11 is 0. The highest BCUT2D eigenvalue weighted by Crippen LogP contribution is 2.19. The van der Waals surface area contributed by atoms with Crippen LogP contribution in [0.25, 0.3) is 0 Å². The molecule has 1 rings (SSSR count). The summed E-state index contributed by atoms with van der Waals surface area (Å²) in [5.74, 6) is -0.282. The van der Waals surface area contributed by atoms with Crippen LogP contribution in [0.3, 0.4) is 0 Å². The van der Waals surface area contributed by atoms with E-state index < -0.39 is 6.03 Å². The Morgan fingerprint density at radius 1 is 0.955 bits per heavy atom. The predicted molar refractivity (Wildman–Crippen MR) is 84.6 cm³/mol. The van der Waals surface area contributed by atoms with E-state index in [4.69, 9.17) is 0 Å². The molecule has 1 aromatic rings. The maximum Gasteiger partial charge on any atom is 0.333 e. The minimum Gasteiger partial charge on any atom is -0.340 e. The summed E-state index contributed by atoms with van der Waals surface area (Å²) in [6.07, 6.45) is 0.921. The van der Waals surface area contributed by atoms with E-state index >= 15 is 0 Å². The number of Topliss-reactive ketones (excluding diaryl/α,β-unsaturated/α-hetero) is 1. The third-order valence-electron chi connectivity index (χ3n) is 3.31. The summed E-state index contributed by atoms with van der Waals surface area (Å²) in [7, 11) is 1.45. The molecule has 0 aliphatic rings. The summed E-state index contributed by atoms with van der Waals surface area (Å²) < 4.78 is 0. The number of hydrogen-bond donors (Lipinski definition) is 3. The van der Waals surface area contributed by atoms with Crippen LogP contribution in [0, 0.1) is 20.8 Å². The number of hydrazine groups is 1. The number of aryl methyl sites for hydroxylation is 3. The number of benzene rings is 1. The number of rotatable bonds is 5. The highest BCUT2D eigenvalue weighted by molar-refractivity contribution is 5.99. The number of nitrogens with one attached hydrogen (secondary N) is 3. The van der Waals surface area contributed by atoms with Gasteiger partial charge >= 0.3 is 6.03 Å². The van der Waals surface area contributed by atoms with E-state index in [0.29, 0.717) is 12.8 Å². The molecule has 0 aliphatic carbocycles. The van der Waals surface area contributed by atoms with Gasteiger partial charge in [0.2, 0.25) is 5.91 Å². The van der Waals surface area contributed by atoms with Crippen molar-refractivity contribution in [3.63, 3.8) is 0 Å². The molecule has 0 aliphatic heterocycles. The summed E-state index contributed by atoms with van der Waals surface area (Å²) in [5, 5.41) is 2.31. The second-order valence-corrected chi connectivity index (χ2v) is 5.30. The van der Waals surface area contributed by atoms with Crippen molar-refractivity contribution >= 4 is 17.7 Å². The lowest BCUT2D eigenvalue weighted by Gasteiger charge is -2.10. The molecule has 0 saturated heterocycles. The topological polar surface area (TPSA) is 87.3 Å². The molecule has 22 heavy (non-hydrogen) atoms. The smallest absolute Gasteiger partial charge is 0.333 e. The summed E-state index contributed by atoms with van der Waals surface area (Å²) in [5.41, 5.74) is 8.26. The molecular weight excluding hydrogens is 282 g/mol. The monoisotopic (exact) mass is 305 g/mol. The van der Waals surface area contributed by atoms with Crippen molar-refractivity contribution in [3.8, 4) is 0 Å². The third kappa shape index (κ3) is 5.20. The van der Waals surface area contributed by atoms with Gasteiger partial charge in [-0.05, 0) is 38.3 Å².